The maximum Gasteiger partial charge on any atom is 0.264 e. The van der Waals surface area contributed by atoms with Crippen LogP contribution in [0, 0.1) is 5.82 Å². The zero-order valence-electron chi connectivity index (χ0n) is 21.8. The highest BCUT2D eigenvalue weighted by molar-refractivity contribution is 7.92. The van der Waals surface area contributed by atoms with Crippen LogP contribution in [0.25, 0.3) is 0 Å². The molecule has 3 rings (SSSR count). The highest BCUT2D eigenvalue weighted by Crippen LogP contribution is 2.28. The highest BCUT2D eigenvalue weighted by Gasteiger charge is 2.33. The standard InChI is InChI=1S/C28H30Cl2FN3O4S/c1-4-19(2)32-28(36)20(3)33(17-21-10-12-22(29)13-11-21)27(35)18-34(23-14-15-26(31)25(30)16-23)39(37,38)24-8-6-5-7-9-24/h5-16,19-20H,4,17-18H2,1-3H3,(H,32,36). The quantitative estimate of drug-likeness (QED) is 0.311. The summed E-state index contributed by atoms with van der Waals surface area (Å²) in [5.41, 5.74) is 0.694. The molecule has 7 nitrogen and oxygen atoms in total. The predicted molar refractivity (Wildman–Crippen MR) is 152 cm³/mol. The monoisotopic (exact) mass is 593 g/mol. The summed E-state index contributed by atoms with van der Waals surface area (Å²) in [6, 6.07) is 16.7. The highest BCUT2D eigenvalue weighted by atomic mass is 35.5. The molecule has 1 N–H and O–H groups in total. The first-order valence-electron chi connectivity index (χ1n) is 12.3. The SMILES string of the molecule is CCC(C)NC(=O)C(C)N(Cc1ccc(Cl)cc1)C(=O)CN(c1ccc(F)c(Cl)c1)S(=O)(=O)c1ccccc1. The number of halogens is 3. The van der Waals surface area contributed by atoms with Crippen LogP contribution in [0.1, 0.15) is 32.8 Å². The number of hydrogen-bond acceptors (Lipinski definition) is 4. The summed E-state index contributed by atoms with van der Waals surface area (Å²) in [6.07, 6.45) is 0.692. The number of amides is 2. The van der Waals surface area contributed by atoms with Crippen molar-refractivity contribution in [3.05, 3.63) is 94.2 Å². The molecule has 0 saturated heterocycles. The lowest BCUT2D eigenvalue weighted by molar-refractivity contribution is -0.139. The number of carbonyl (C=O) groups is 2. The van der Waals surface area contributed by atoms with Gasteiger partial charge in [0.15, 0.2) is 0 Å². The Morgan fingerprint density at radius 2 is 1.62 bits per heavy atom. The summed E-state index contributed by atoms with van der Waals surface area (Å²) < 4.78 is 42.2. The number of nitrogens with zero attached hydrogens (tertiary/aromatic N) is 2. The number of anilines is 1. The zero-order chi connectivity index (χ0) is 28.7. The third-order valence-electron chi connectivity index (χ3n) is 6.24. The Morgan fingerprint density at radius 3 is 2.21 bits per heavy atom. The molecule has 0 heterocycles. The van der Waals surface area contributed by atoms with Crippen molar-refractivity contribution in [2.24, 2.45) is 0 Å². The first-order chi connectivity index (χ1) is 18.4. The number of benzene rings is 3. The van der Waals surface area contributed by atoms with E-state index in [-0.39, 0.29) is 34.1 Å². The van der Waals surface area contributed by atoms with Gasteiger partial charge in [0.25, 0.3) is 10.0 Å². The Morgan fingerprint density at radius 1 is 0.974 bits per heavy atom. The van der Waals surface area contributed by atoms with Crippen molar-refractivity contribution in [3.63, 3.8) is 0 Å². The molecule has 0 radical (unpaired) electrons. The molecule has 0 aliphatic rings. The summed E-state index contributed by atoms with van der Waals surface area (Å²) in [5.74, 6) is -1.76. The van der Waals surface area contributed by atoms with Gasteiger partial charge >= 0.3 is 0 Å². The van der Waals surface area contributed by atoms with Gasteiger partial charge in [-0.05, 0) is 68.3 Å². The van der Waals surface area contributed by atoms with Gasteiger partial charge < -0.3 is 10.2 Å². The van der Waals surface area contributed by atoms with E-state index in [9.17, 15) is 22.4 Å². The van der Waals surface area contributed by atoms with E-state index >= 15 is 0 Å². The number of nitrogens with one attached hydrogen (secondary N) is 1. The molecule has 3 aromatic carbocycles. The van der Waals surface area contributed by atoms with Crippen LogP contribution in [0.4, 0.5) is 10.1 Å². The van der Waals surface area contributed by atoms with Crippen LogP contribution >= 0.6 is 23.2 Å². The summed E-state index contributed by atoms with van der Waals surface area (Å²) in [7, 11) is -4.27. The molecule has 3 aromatic rings. The molecule has 0 aromatic heterocycles. The van der Waals surface area contributed by atoms with Crippen molar-refractivity contribution < 1.29 is 22.4 Å². The maximum absolute atomic E-state index is 13.9. The fourth-order valence-corrected chi connectivity index (χ4v) is 5.45. The molecule has 0 fully saturated rings. The number of hydrogen-bond donors (Lipinski definition) is 1. The van der Waals surface area contributed by atoms with E-state index in [1.54, 1.807) is 49.4 Å². The normalized spacial score (nSPS) is 12.9. The second kappa shape index (κ2) is 13.3. The molecule has 0 bridgehead atoms. The molecule has 0 aliphatic carbocycles. The van der Waals surface area contributed by atoms with Gasteiger partial charge in [0.1, 0.15) is 18.4 Å². The molecule has 11 heteroatoms. The zero-order valence-corrected chi connectivity index (χ0v) is 24.1. The van der Waals surface area contributed by atoms with E-state index in [0.29, 0.717) is 17.0 Å². The van der Waals surface area contributed by atoms with Crippen LogP contribution < -0.4 is 9.62 Å². The van der Waals surface area contributed by atoms with Gasteiger partial charge in [-0.25, -0.2) is 12.8 Å². The van der Waals surface area contributed by atoms with Gasteiger partial charge in [0.05, 0.1) is 15.6 Å². The molecule has 2 atom stereocenters. The minimum absolute atomic E-state index is 0.00163. The molecule has 2 amide bonds. The minimum Gasteiger partial charge on any atom is -0.352 e. The number of carbonyl (C=O) groups excluding carboxylic acids is 2. The number of rotatable bonds is 11. The fourth-order valence-electron chi connectivity index (χ4n) is 3.72. The van der Waals surface area contributed by atoms with Crippen LogP contribution in [0.2, 0.25) is 10.0 Å². The Hall–Kier alpha value is -3.14. The van der Waals surface area contributed by atoms with Gasteiger partial charge in [0, 0.05) is 17.6 Å². The molecular weight excluding hydrogens is 564 g/mol. The minimum atomic E-state index is -4.27. The topological polar surface area (TPSA) is 86.8 Å². The van der Waals surface area contributed by atoms with E-state index in [1.807, 2.05) is 13.8 Å². The Bertz CT molecular complexity index is 1410. The van der Waals surface area contributed by atoms with Gasteiger partial charge in [-0.3, -0.25) is 13.9 Å². The second-order valence-corrected chi connectivity index (χ2v) is 11.8. The van der Waals surface area contributed by atoms with E-state index in [4.69, 9.17) is 23.2 Å². The molecule has 0 saturated carbocycles. The molecular formula is C28H30Cl2FN3O4S. The Balaban J connectivity index is 2.03. The Labute approximate surface area is 238 Å². The third kappa shape index (κ3) is 7.71. The second-order valence-electron chi connectivity index (χ2n) is 9.07. The fraction of sp³-hybridized carbons (Fsp3) is 0.286. The van der Waals surface area contributed by atoms with Crippen LogP contribution in [-0.2, 0) is 26.2 Å². The van der Waals surface area contributed by atoms with Gasteiger partial charge in [-0.2, -0.15) is 0 Å². The van der Waals surface area contributed by atoms with E-state index in [0.717, 1.165) is 16.4 Å². The van der Waals surface area contributed by atoms with Crippen molar-refractivity contribution in [2.45, 2.75) is 50.7 Å². The summed E-state index contributed by atoms with van der Waals surface area (Å²) in [4.78, 5) is 28.1. The lowest BCUT2D eigenvalue weighted by atomic mass is 10.1. The first kappa shape index (κ1) is 30.4. The van der Waals surface area contributed by atoms with Gasteiger partial charge in [-0.15, -0.1) is 0 Å². The lowest BCUT2D eigenvalue weighted by Crippen LogP contribution is -2.52. The van der Waals surface area contributed by atoms with Crippen LogP contribution in [0.3, 0.4) is 0 Å². The summed E-state index contributed by atoms with van der Waals surface area (Å²) >= 11 is 12.0. The molecule has 2 unspecified atom stereocenters. The van der Waals surface area contributed by atoms with Crippen molar-refractivity contribution in [3.8, 4) is 0 Å². The summed E-state index contributed by atoms with van der Waals surface area (Å²) in [5, 5.41) is 3.08. The van der Waals surface area contributed by atoms with Crippen molar-refractivity contribution in [2.75, 3.05) is 10.8 Å². The molecule has 0 aliphatic heterocycles. The van der Waals surface area contributed by atoms with Crippen LogP contribution in [0.5, 0.6) is 0 Å². The molecule has 208 valence electrons. The van der Waals surface area contributed by atoms with Crippen molar-refractivity contribution in [1.82, 2.24) is 10.2 Å². The summed E-state index contributed by atoms with van der Waals surface area (Å²) in [6.45, 7) is 4.72. The van der Waals surface area contributed by atoms with Gasteiger partial charge in [-0.1, -0.05) is 60.5 Å². The van der Waals surface area contributed by atoms with Crippen LogP contribution in [0.15, 0.2) is 77.7 Å². The third-order valence-corrected chi connectivity index (χ3v) is 8.57. The van der Waals surface area contributed by atoms with Crippen molar-refractivity contribution in [1.29, 1.82) is 0 Å². The molecule has 39 heavy (non-hydrogen) atoms. The average Bonchev–Trinajstić information content (AvgIpc) is 2.92. The largest absolute Gasteiger partial charge is 0.352 e. The van der Waals surface area contributed by atoms with E-state index in [2.05, 4.69) is 5.32 Å². The van der Waals surface area contributed by atoms with E-state index in [1.165, 1.54) is 23.1 Å². The lowest BCUT2D eigenvalue weighted by Gasteiger charge is -2.32. The number of sulfonamides is 1. The van der Waals surface area contributed by atoms with E-state index < -0.39 is 34.3 Å². The smallest absolute Gasteiger partial charge is 0.264 e. The predicted octanol–water partition coefficient (Wildman–Crippen LogP) is 5.66. The first-order valence-corrected chi connectivity index (χ1v) is 14.5. The van der Waals surface area contributed by atoms with Gasteiger partial charge in [0.2, 0.25) is 11.8 Å². The van der Waals surface area contributed by atoms with Crippen LogP contribution in [-0.4, -0.2) is 43.8 Å². The molecule has 0 spiro atoms. The van der Waals surface area contributed by atoms with Crippen molar-refractivity contribution >= 4 is 50.7 Å². The maximum atomic E-state index is 13.9. The average molecular weight is 595 g/mol. The Kier molecular flexibility index (Phi) is 10.4.